The Morgan fingerprint density at radius 3 is 2.60 bits per heavy atom. The van der Waals surface area contributed by atoms with Crippen molar-refractivity contribution in [3.63, 3.8) is 0 Å². The van der Waals surface area contributed by atoms with E-state index in [0.717, 1.165) is 19.4 Å². The second kappa shape index (κ2) is 9.14. The van der Waals surface area contributed by atoms with Crippen LogP contribution < -0.4 is 10.1 Å². The molecule has 6 heteroatoms. The van der Waals surface area contributed by atoms with Crippen molar-refractivity contribution in [2.75, 3.05) is 31.7 Å². The highest BCUT2D eigenvalue weighted by Crippen LogP contribution is 2.26. The molecule has 0 amide bonds. The van der Waals surface area contributed by atoms with Gasteiger partial charge in [-0.1, -0.05) is 13.8 Å². The number of hydrogen-bond donors (Lipinski definition) is 1. The minimum Gasteiger partial charge on any atom is -0.491 e. The average Bonchev–Trinajstić information content (AvgIpc) is 2.44. The Bertz CT molecular complexity index is 424. The minimum absolute atomic E-state index is 0.0237. The summed E-state index contributed by atoms with van der Waals surface area (Å²) in [4.78, 5) is 10.5. The minimum atomic E-state index is -0.419. The summed E-state index contributed by atoms with van der Waals surface area (Å²) in [5, 5.41) is 14.0. The van der Waals surface area contributed by atoms with E-state index in [0.29, 0.717) is 31.3 Å². The van der Waals surface area contributed by atoms with Crippen molar-refractivity contribution in [1.29, 1.82) is 0 Å². The van der Waals surface area contributed by atoms with Crippen molar-refractivity contribution in [3.8, 4) is 5.75 Å². The van der Waals surface area contributed by atoms with Gasteiger partial charge in [-0.25, -0.2) is 0 Å². The molecule has 1 rings (SSSR count). The lowest BCUT2D eigenvalue weighted by atomic mass is 10.2. The SMILES string of the molecule is CCCNc1cc(OCCOCCC)cc([N+](=O)[O-])c1. The first-order valence-corrected chi connectivity index (χ1v) is 6.91. The van der Waals surface area contributed by atoms with Crippen molar-refractivity contribution in [3.05, 3.63) is 28.3 Å². The fraction of sp³-hybridized carbons (Fsp3) is 0.571. The van der Waals surface area contributed by atoms with E-state index in [1.807, 2.05) is 13.8 Å². The molecular weight excluding hydrogens is 260 g/mol. The first-order valence-electron chi connectivity index (χ1n) is 6.91. The zero-order valence-electron chi connectivity index (χ0n) is 12.1. The van der Waals surface area contributed by atoms with Gasteiger partial charge >= 0.3 is 0 Å². The van der Waals surface area contributed by atoms with Gasteiger partial charge in [0.25, 0.3) is 5.69 Å². The molecule has 0 aliphatic rings. The van der Waals surface area contributed by atoms with E-state index in [9.17, 15) is 10.1 Å². The quantitative estimate of drug-likeness (QED) is 0.405. The van der Waals surface area contributed by atoms with Crippen LogP contribution in [-0.4, -0.2) is 31.3 Å². The molecule has 0 aliphatic carbocycles. The van der Waals surface area contributed by atoms with Crippen LogP contribution in [0.5, 0.6) is 5.75 Å². The standard InChI is InChI=1S/C14H22N2O4/c1-3-5-15-12-9-13(16(17)18)11-14(10-12)20-8-7-19-6-4-2/h9-11,15H,3-8H2,1-2H3. The summed E-state index contributed by atoms with van der Waals surface area (Å²) in [5.41, 5.74) is 0.723. The Kier molecular flexibility index (Phi) is 7.42. The highest BCUT2D eigenvalue weighted by molar-refractivity contribution is 5.56. The monoisotopic (exact) mass is 282 g/mol. The van der Waals surface area contributed by atoms with Gasteiger partial charge in [-0.2, -0.15) is 0 Å². The second-order valence-corrected chi connectivity index (χ2v) is 4.36. The van der Waals surface area contributed by atoms with Gasteiger partial charge in [0, 0.05) is 31.0 Å². The zero-order chi connectivity index (χ0) is 14.8. The molecule has 0 aromatic heterocycles. The highest BCUT2D eigenvalue weighted by atomic mass is 16.6. The van der Waals surface area contributed by atoms with Gasteiger partial charge in [-0.05, 0) is 12.8 Å². The highest BCUT2D eigenvalue weighted by Gasteiger charge is 2.10. The van der Waals surface area contributed by atoms with Crippen LogP contribution in [0.2, 0.25) is 0 Å². The van der Waals surface area contributed by atoms with Crippen molar-refractivity contribution in [2.45, 2.75) is 26.7 Å². The van der Waals surface area contributed by atoms with Crippen molar-refractivity contribution < 1.29 is 14.4 Å². The summed E-state index contributed by atoms with van der Waals surface area (Å²) in [7, 11) is 0. The number of ether oxygens (including phenoxy) is 2. The first-order chi connectivity index (χ1) is 9.67. The third-order valence-corrected chi connectivity index (χ3v) is 2.53. The lowest BCUT2D eigenvalue weighted by Gasteiger charge is -2.10. The molecule has 6 nitrogen and oxygen atoms in total. The number of hydrogen-bond acceptors (Lipinski definition) is 5. The number of non-ortho nitro benzene ring substituents is 1. The molecule has 1 aromatic rings. The molecule has 0 aliphatic heterocycles. The van der Waals surface area contributed by atoms with E-state index in [-0.39, 0.29) is 5.69 Å². The molecule has 1 N–H and O–H groups in total. The number of benzene rings is 1. The topological polar surface area (TPSA) is 73.6 Å². The maximum absolute atomic E-state index is 10.9. The molecule has 112 valence electrons. The number of rotatable bonds is 10. The van der Waals surface area contributed by atoms with E-state index in [1.54, 1.807) is 6.07 Å². The maximum atomic E-state index is 10.9. The molecular formula is C14H22N2O4. The molecule has 0 radical (unpaired) electrons. The smallest absolute Gasteiger partial charge is 0.275 e. The third kappa shape index (κ3) is 5.88. The van der Waals surface area contributed by atoms with Crippen LogP contribution in [-0.2, 0) is 4.74 Å². The van der Waals surface area contributed by atoms with Gasteiger partial charge < -0.3 is 14.8 Å². The van der Waals surface area contributed by atoms with Gasteiger partial charge in [0.15, 0.2) is 0 Å². The molecule has 0 spiro atoms. The molecule has 0 heterocycles. The van der Waals surface area contributed by atoms with Gasteiger partial charge in [0.05, 0.1) is 17.6 Å². The van der Waals surface area contributed by atoms with Crippen LogP contribution in [0, 0.1) is 10.1 Å². The van der Waals surface area contributed by atoms with E-state index in [4.69, 9.17) is 9.47 Å². The van der Waals surface area contributed by atoms with E-state index in [1.165, 1.54) is 12.1 Å². The zero-order valence-corrected chi connectivity index (χ0v) is 12.1. The lowest BCUT2D eigenvalue weighted by Crippen LogP contribution is -2.08. The van der Waals surface area contributed by atoms with Gasteiger partial charge in [0.2, 0.25) is 0 Å². The number of nitro groups is 1. The van der Waals surface area contributed by atoms with Crippen LogP contribution in [0.15, 0.2) is 18.2 Å². The summed E-state index contributed by atoms with van der Waals surface area (Å²) in [6.45, 7) is 6.39. The molecule has 0 atom stereocenters. The van der Waals surface area contributed by atoms with Crippen LogP contribution >= 0.6 is 0 Å². The predicted molar refractivity (Wildman–Crippen MR) is 78.5 cm³/mol. The number of nitrogens with zero attached hydrogens (tertiary/aromatic N) is 1. The Balaban J connectivity index is 2.63. The predicted octanol–water partition coefficient (Wildman–Crippen LogP) is 3.22. The Morgan fingerprint density at radius 1 is 1.15 bits per heavy atom. The lowest BCUT2D eigenvalue weighted by molar-refractivity contribution is -0.384. The van der Waals surface area contributed by atoms with Gasteiger partial charge in [-0.15, -0.1) is 0 Å². The van der Waals surface area contributed by atoms with E-state index >= 15 is 0 Å². The molecule has 1 aromatic carbocycles. The summed E-state index contributed by atoms with van der Waals surface area (Å²) in [6.07, 6.45) is 1.91. The van der Waals surface area contributed by atoms with Crippen molar-refractivity contribution >= 4 is 11.4 Å². The van der Waals surface area contributed by atoms with Crippen LogP contribution in [0.25, 0.3) is 0 Å². The fourth-order valence-corrected chi connectivity index (χ4v) is 1.61. The normalized spacial score (nSPS) is 10.3. The van der Waals surface area contributed by atoms with Crippen LogP contribution in [0.4, 0.5) is 11.4 Å². The Labute approximate surface area is 119 Å². The molecule has 0 saturated heterocycles. The molecule has 0 fully saturated rings. The number of nitrogens with one attached hydrogen (secondary N) is 1. The third-order valence-electron chi connectivity index (χ3n) is 2.53. The number of nitro benzene ring substituents is 1. The summed E-state index contributed by atoms with van der Waals surface area (Å²) < 4.78 is 10.8. The van der Waals surface area contributed by atoms with E-state index < -0.39 is 4.92 Å². The van der Waals surface area contributed by atoms with Crippen molar-refractivity contribution in [2.24, 2.45) is 0 Å². The van der Waals surface area contributed by atoms with Crippen LogP contribution in [0.3, 0.4) is 0 Å². The first kappa shape index (κ1) is 16.2. The summed E-state index contributed by atoms with van der Waals surface area (Å²) in [5.74, 6) is 0.484. The Hall–Kier alpha value is -1.82. The van der Waals surface area contributed by atoms with Gasteiger partial charge in [-0.3, -0.25) is 10.1 Å². The Morgan fingerprint density at radius 2 is 1.95 bits per heavy atom. The van der Waals surface area contributed by atoms with Crippen LogP contribution in [0.1, 0.15) is 26.7 Å². The maximum Gasteiger partial charge on any atom is 0.275 e. The molecule has 0 unspecified atom stereocenters. The largest absolute Gasteiger partial charge is 0.491 e. The molecule has 20 heavy (non-hydrogen) atoms. The second-order valence-electron chi connectivity index (χ2n) is 4.36. The fourth-order valence-electron chi connectivity index (χ4n) is 1.61. The number of anilines is 1. The van der Waals surface area contributed by atoms with E-state index in [2.05, 4.69) is 5.32 Å². The average molecular weight is 282 g/mol. The molecule has 0 bridgehead atoms. The van der Waals surface area contributed by atoms with Crippen molar-refractivity contribution in [1.82, 2.24) is 0 Å². The van der Waals surface area contributed by atoms with Gasteiger partial charge in [0.1, 0.15) is 12.4 Å². The summed E-state index contributed by atoms with van der Waals surface area (Å²) >= 11 is 0. The summed E-state index contributed by atoms with van der Waals surface area (Å²) in [6, 6.07) is 4.70. The molecule has 0 saturated carbocycles.